The number of thiophene rings is 1. The van der Waals surface area contributed by atoms with Crippen LogP contribution in [0.15, 0.2) is 127 Å². The van der Waals surface area contributed by atoms with Gasteiger partial charge in [-0.25, -0.2) is 0 Å². The van der Waals surface area contributed by atoms with Crippen LogP contribution in [0.4, 0.5) is 0 Å². The molecule has 0 aliphatic carbocycles. The molecule has 0 saturated carbocycles. The quantitative estimate of drug-likeness (QED) is 0.167. The summed E-state index contributed by atoms with van der Waals surface area (Å²) in [6, 6.07) is 47.9. The smallest absolute Gasteiger partial charge is 0.0396 e. The molecule has 0 aliphatic heterocycles. The highest BCUT2D eigenvalue weighted by atomic mass is 32.1. The fourth-order valence-electron chi connectivity index (χ4n) is 7.71. The molecule has 0 spiro atoms. The van der Waals surface area contributed by atoms with Crippen molar-refractivity contribution in [3.05, 3.63) is 144 Å². The predicted octanol–water partition coefficient (Wildman–Crippen LogP) is 13.1. The minimum atomic E-state index is -0.0851. The molecule has 0 radical (unpaired) electrons. The summed E-state index contributed by atoms with van der Waals surface area (Å²) in [4.78, 5) is 0. The van der Waals surface area contributed by atoms with Gasteiger partial charge < -0.3 is 0 Å². The number of fused-ring (bicyclic) bond motifs is 9. The lowest BCUT2D eigenvalue weighted by atomic mass is 9.73. The summed E-state index contributed by atoms with van der Waals surface area (Å²) in [7, 11) is 0. The highest BCUT2D eigenvalue weighted by Crippen LogP contribution is 2.45. The van der Waals surface area contributed by atoms with Crippen molar-refractivity contribution in [1.82, 2.24) is 0 Å². The van der Waals surface area contributed by atoms with Crippen molar-refractivity contribution < 1.29 is 0 Å². The van der Waals surface area contributed by atoms with Crippen LogP contribution in [0.1, 0.15) is 50.8 Å². The van der Waals surface area contributed by atoms with E-state index in [1.807, 2.05) is 11.3 Å². The number of hydrogen-bond donors (Lipinski definition) is 0. The van der Waals surface area contributed by atoms with Gasteiger partial charge in [0.05, 0.1) is 0 Å². The molecular formula is C44H38S. The lowest BCUT2D eigenvalue weighted by Crippen LogP contribution is -2.22. The first-order valence-corrected chi connectivity index (χ1v) is 17.2. The molecule has 1 atom stereocenters. The topological polar surface area (TPSA) is 0 Å². The Bertz CT molecular complexity index is 2340. The molecular weight excluding hydrogens is 561 g/mol. The second kappa shape index (κ2) is 10.9. The van der Waals surface area contributed by atoms with Gasteiger partial charge in [0.2, 0.25) is 0 Å². The third-order valence-electron chi connectivity index (χ3n) is 10.2. The molecule has 8 aromatic rings. The molecule has 0 saturated heterocycles. The van der Waals surface area contributed by atoms with E-state index in [2.05, 4.69) is 155 Å². The molecule has 0 bridgehead atoms. The van der Waals surface area contributed by atoms with Crippen LogP contribution >= 0.6 is 11.3 Å². The lowest BCUT2D eigenvalue weighted by Gasteiger charge is -2.30. The summed E-state index contributed by atoms with van der Waals surface area (Å²) < 4.78 is 2.78. The van der Waals surface area contributed by atoms with E-state index in [-0.39, 0.29) is 5.41 Å². The van der Waals surface area contributed by atoms with Gasteiger partial charge in [0.1, 0.15) is 0 Å². The Morgan fingerprint density at radius 2 is 1.16 bits per heavy atom. The first-order chi connectivity index (χ1) is 22.0. The van der Waals surface area contributed by atoms with Crippen LogP contribution in [0.3, 0.4) is 0 Å². The normalized spacial score (nSPS) is 13.4. The highest BCUT2D eigenvalue weighted by molar-refractivity contribution is 7.26. The van der Waals surface area contributed by atoms with E-state index in [4.69, 9.17) is 0 Å². The van der Waals surface area contributed by atoms with Crippen molar-refractivity contribution in [1.29, 1.82) is 0 Å². The molecule has 0 nitrogen and oxygen atoms in total. The highest BCUT2D eigenvalue weighted by Gasteiger charge is 2.30. The summed E-state index contributed by atoms with van der Waals surface area (Å²) >= 11 is 1.94. The second-order valence-corrected chi connectivity index (χ2v) is 14.3. The number of benzene rings is 7. The maximum atomic E-state index is 2.43. The van der Waals surface area contributed by atoms with Crippen molar-refractivity contribution in [3.63, 3.8) is 0 Å². The van der Waals surface area contributed by atoms with Gasteiger partial charge in [0.25, 0.3) is 0 Å². The van der Waals surface area contributed by atoms with Gasteiger partial charge in [-0.05, 0) is 85.0 Å². The minimum absolute atomic E-state index is 0.0851. The maximum Gasteiger partial charge on any atom is 0.0396 e. The summed E-state index contributed by atoms with van der Waals surface area (Å²) in [6.45, 7) is 9.45. The van der Waals surface area contributed by atoms with E-state index >= 15 is 0 Å². The molecule has 45 heavy (non-hydrogen) atoms. The fourth-order valence-corrected chi connectivity index (χ4v) is 9.05. The average Bonchev–Trinajstić information content (AvgIpc) is 3.47. The lowest BCUT2D eigenvalue weighted by molar-refractivity contribution is 0.555. The van der Waals surface area contributed by atoms with Gasteiger partial charge in [0, 0.05) is 25.6 Å². The van der Waals surface area contributed by atoms with Crippen LogP contribution in [0.5, 0.6) is 0 Å². The molecule has 0 N–H and O–H groups in total. The van der Waals surface area contributed by atoms with Crippen LogP contribution in [0, 0.1) is 5.92 Å². The third-order valence-corrected chi connectivity index (χ3v) is 11.4. The van der Waals surface area contributed by atoms with Crippen LogP contribution in [-0.2, 0) is 11.8 Å². The van der Waals surface area contributed by atoms with Crippen molar-refractivity contribution in [3.8, 4) is 11.1 Å². The third kappa shape index (κ3) is 4.40. The average molecular weight is 599 g/mol. The first kappa shape index (κ1) is 28.0. The molecule has 0 unspecified atom stereocenters. The van der Waals surface area contributed by atoms with Crippen LogP contribution in [-0.4, -0.2) is 0 Å². The van der Waals surface area contributed by atoms with Crippen LogP contribution in [0.2, 0.25) is 0 Å². The molecule has 1 aromatic heterocycles. The van der Waals surface area contributed by atoms with Crippen LogP contribution < -0.4 is 0 Å². The largest absolute Gasteiger partial charge is 0.135 e. The van der Waals surface area contributed by atoms with E-state index in [0.29, 0.717) is 5.92 Å². The van der Waals surface area contributed by atoms with E-state index in [1.165, 1.54) is 80.3 Å². The minimum Gasteiger partial charge on any atom is -0.135 e. The predicted molar refractivity (Wildman–Crippen MR) is 199 cm³/mol. The standard InChI is InChI=1S/C44H38S/c1-5-44(4,40-19-12-18-38-35-16-10-11-20-41(35)45-43(38)40)30-23-21-29(22-24-30)31-25-26-37-34-15-7-6-13-32(34)33-14-8-9-17-36(33)42(37)39(31)27-28(2)3/h6-26,28H,5,27H2,1-4H3/t44-/m0/s1. The van der Waals surface area contributed by atoms with E-state index in [0.717, 1.165) is 12.8 Å². The van der Waals surface area contributed by atoms with Crippen molar-refractivity contribution in [2.45, 2.75) is 46.0 Å². The van der Waals surface area contributed by atoms with Gasteiger partial charge in [-0.15, -0.1) is 11.3 Å². The Kier molecular flexibility index (Phi) is 6.77. The van der Waals surface area contributed by atoms with Gasteiger partial charge in [-0.3, -0.25) is 0 Å². The van der Waals surface area contributed by atoms with Crippen LogP contribution in [0.25, 0.3) is 63.6 Å². The molecule has 0 amide bonds. The van der Waals surface area contributed by atoms with Gasteiger partial charge in [-0.2, -0.15) is 0 Å². The Labute approximate surface area is 270 Å². The second-order valence-electron chi connectivity index (χ2n) is 13.2. The molecule has 220 valence electrons. The van der Waals surface area contributed by atoms with Gasteiger partial charge >= 0.3 is 0 Å². The van der Waals surface area contributed by atoms with Gasteiger partial charge in [0.15, 0.2) is 0 Å². The van der Waals surface area contributed by atoms with Crippen molar-refractivity contribution in [2.75, 3.05) is 0 Å². The Morgan fingerprint density at radius 1 is 0.578 bits per heavy atom. The van der Waals surface area contributed by atoms with E-state index < -0.39 is 0 Å². The molecule has 8 rings (SSSR count). The summed E-state index contributed by atoms with van der Waals surface area (Å²) in [5.41, 5.74) is 6.84. The van der Waals surface area contributed by atoms with E-state index in [1.54, 1.807) is 0 Å². The molecule has 0 fully saturated rings. The molecule has 1 heterocycles. The van der Waals surface area contributed by atoms with E-state index in [9.17, 15) is 0 Å². The maximum absolute atomic E-state index is 2.43. The number of rotatable bonds is 6. The zero-order chi connectivity index (χ0) is 30.7. The summed E-state index contributed by atoms with van der Waals surface area (Å²) in [5.74, 6) is 0.545. The summed E-state index contributed by atoms with van der Waals surface area (Å²) in [5, 5.41) is 10.9. The molecule has 0 aliphatic rings. The Morgan fingerprint density at radius 3 is 1.82 bits per heavy atom. The van der Waals surface area contributed by atoms with Crippen molar-refractivity contribution >= 4 is 63.8 Å². The van der Waals surface area contributed by atoms with Gasteiger partial charge in [-0.1, -0.05) is 149 Å². The molecule has 7 aromatic carbocycles. The zero-order valence-corrected chi connectivity index (χ0v) is 27.3. The summed E-state index contributed by atoms with van der Waals surface area (Å²) in [6.07, 6.45) is 2.07. The SMILES string of the molecule is CC[C@@](C)(c1ccc(-c2ccc3c4ccccc4c4ccccc4c3c2CC(C)C)cc1)c1cccc2c1sc1ccccc12. The number of hydrogen-bond acceptors (Lipinski definition) is 1. The first-order valence-electron chi connectivity index (χ1n) is 16.3. The van der Waals surface area contributed by atoms with Crippen molar-refractivity contribution in [2.24, 2.45) is 5.92 Å². The zero-order valence-electron chi connectivity index (χ0n) is 26.5. The monoisotopic (exact) mass is 598 g/mol. The fraction of sp³-hybridized carbons (Fsp3) is 0.182. The molecule has 1 heteroatoms. The Hall–Kier alpha value is -4.46. The Balaban J connectivity index is 1.31.